The zero-order chi connectivity index (χ0) is 35.5. The van der Waals surface area contributed by atoms with Gasteiger partial charge in [0.05, 0.1) is 19.6 Å². The third kappa shape index (κ3) is 7.58. The van der Waals surface area contributed by atoms with Crippen LogP contribution in [0.1, 0.15) is 147 Å². The molecule has 3 N–H and O–H groups in total. The van der Waals surface area contributed by atoms with Crippen LogP contribution < -0.4 is 17.1 Å². The highest BCUT2D eigenvalue weighted by Crippen LogP contribution is 2.39. The van der Waals surface area contributed by atoms with Crippen molar-refractivity contribution < 1.29 is 15.3 Å². The van der Waals surface area contributed by atoms with E-state index in [-0.39, 0.29) is 54.6 Å². The second-order valence-corrected chi connectivity index (χ2v) is 15.3. The van der Waals surface area contributed by atoms with Crippen molar-refractivity contribution in [1.82, 2.24) is 13.7 Å². The van der Waals surface area contributed by atoms with Gasteiger partial charge in [-0.3, -0.25) is 0 Å². The number of hydrogen-bond donors (Lipinski definition) is 3. The van der Waals surface area contributed by atoms with Crippen LogP contribution >= 0.6 is 0 Å². The summed E-state index contributed by atoms with van der Waals surface area (Å²) in [6.07, 6.45) is 16.1. The molecule has 0 aliphatic heterocycles. The van der Waals surface area contributed by atoms with Crippen molar-refractivity contribution in [2.24, 2.45) is 0 Å². The van der Waals surface area contributed by atoms with Gasteiger partial charge in [0.2, 0.25) is 0 Å². The van der Waals surface area contributed by atoms with E-state index in [1.54, 1.807) is 36.4 Å². The Morgan fingerprint density at radius 1 is 0.412 bits per heavy atom. The first-order valence-corrected chi connectivity index (χ1v) is 19.2. The fraction of sp³-hybridized carbons (Fsp3) is 0.500. The lowest BCUT2D eigenvalue weighted by molar-refractivity contribution is 0.413. The van der Waals surface area contributed by atoms with Crippen LogP contribution in [0.2, 0.25) is 0 Å². The van der Waals surface area contributed by atoms with Crippen LogP contribution in [0, 0.1) is 0 Å². The molecule has 3 aliphatic rings. The Balaban J connectivity index is 1.29. The van der Waals surface area contributed by atoms with E-state index in [0.717, 1.165) is 107 Å². The van der Waals surface area contributed by atoms with Gasteiger partial charge in [-0.1, -0.05) is 94.2 Å². The van der Waals surface area contributed by atoms with Crippen LogP contribution in [0.25, 0.3) is 0 Å². The molecule has 9 heteroatoms. The fourth-order valence-corrected chi connectivity index (χ4v) is 8.96. The molecular weight excluding hydrogens is 642 g/mol. The largest absolute Gasteiger partial charge is 0.508 e. The van der Waals surface area contributed by atoms with Gasteiger partial charge >= 0.3 is 17.1 Å². The summed E-state index contributed by atoms with van der Waals surface area (Å²) in [6.45, 7) is -0.156. The quantitative estimate of drug-likeness (QED) is 0.166. The zero-order valence-corrected chi connectivity index (χ0v) is 29.6. The minimum atomic E-state index is -0.700. The molecular formula is C42H51N3O6. The number of aromatic nitrogens is 3. The van der Waals surface area contributed by atoms with Crippen molar-refractivity contribution >= 4 is 0 Å². The molecule has 51 heavy (non-hydrogen) atoms. The molecule has 1 aromatic heterocycles. The molecule has 0 bridgehead atoms. The number of nitrogens with zero attached hydrogens (tertiary/aromatic N) is 3. The first kappa shape index (κ1) is 34.9. The average molecular weight is 694 g/mol. The third-order valence-electron chi connectivity index (χ3n) is 11.8. The van der Waals surface area contributed by atoms with Gasteiger partial charge in [-0.05, 0) is 108 Å². The maximum Gasteiger partial charge on any atom is 0.336 e. The molecule has 0 radical (unpaired) electrons. The number of hydrogen-bond acceptors (Lipinski definition) is 6. The van der Waals surface area contributed by atoms with Gasteiger partial charge in [0.1, 0.15) is 17.2 Å². The van der Waals surface area contributed by atoms with Gasteiger partial charge in [0.15, 0.2) is 0 Å². The van der Waals surface area contributed by atoms with Crippen molar-refractivity contribution in [1.29, 1.82) is 0 Å². The van der Waals surface area contributed by atoms with Crippen LogP contribution in [-0.2, 0) is 19.6 Å². The highest BCUT2D eigenvalue weighted by atomic mass is 16.3. The van der Waals surface area contributed by atoms with E-state index in [9.17, 15) is 29.7 Å². The van der Waals surface area contributed by atoms with E-state index in [0.29, 0.717) is 16.7 Å². The van der Waals surface area contributed by atoms with Crippen molar-refractivity contribution in [3.8, 4) is 17.2 Å². The first-order valence-electron chi connectivity index (χ1n) is 19.2. The van der Waals surface area contributed by atoms with Crippen molar-refractivity contribution in [3.63, 3.8) is 0 Å². The SMILES string of the molecule is O=c1n(Cc2ccc(O)c(C3CCCCC3)c2)c(=O)n(Cc2ccc(O)c(C3CCCCC3)c2)c(=O)n1Cc1ccc(O)c(C2CCCCC2)c1. The van der Waals surface area contributed by atoms with Gasteiger partial charge in [0.25, 0.3) is 0 Å². The normalized spacial score (nSPS) is 17.9. The van der Waals surface area contributed by atoms with Crippen LogP contribution in [0.4, 0.5) is 0 Å². The summed E-state index contributed by atoms with van der Waals surface area (Å²) < 4.78 is 3.38. The van der Waals surface area contributed by atoms with E-state index >= 15 is 0 Å². The van der Waals surface area contributed by atoms with Gasteiger partial charge < -0.3 is 15.3 Å². The molecule has 0 amide bonds. The predicted octanol–water partition coefficient (Wildman–Crippen LogP) is 7.58. The molecule has 0 unspecified atom stereocenters. The fourth-order valence-electron chi connectivity index (χ4n) is 8.96. The Kier molecular flexibility index (Phi) is 10.5. The van der Waals surface area contributed by atoms with Gasteiger partial charge in [0, 0.05) is 0 Å². The molecule has 7 rings (SSSR count). The van der Waals surface area contributed by atoms with Crippen LogP contribution in [0.5, 0.6) is 17.2 Å². The predicted molar refractivity (Wildman–Crippen MR) is 198 cm³/mol. The van der Waals surface area contributed by atoms with Crippen molar-refractivity contribution in [2.75, 3.05) is 0 Å². The summed E-state index contributed by atoms with van der Waals surface area (Å²) in [5, 5.41) is 32.3. The second-order valence-electron chi connectivity index (χ2n) is 15.3. The molecule has 0 spiro atoms. The monoisotopic (exact) mass is 693 g/mol. The summed E-state index contributed by atoms with van der Waals surface area (Å²) >= 11 is 0. The zero-order valence-electron chi connectivity index (χ0n) is 29.6. The lowest BCUT2D eigenvalue weighted by Gasteiger charge is -2.24. The van der Waals surface area contributed by atoms with Gasteiger partial charge in [-0.25, -0.2) is 28.1 Å². The van der Waals surface area contributed by atoms with E-state index < -0.39 is 17.1 Å². The summed E-state index contributed by atoms with van der Waals surface area (Å²) in [5.41, 5.74) is 2.54. The number of benzene rings is 3. The standard InChI is InChI=1S/C42H51N3O6/c46-37-19-16-28(22-34(37)31-10-4-1-5-11-31)25-43-40(49)44(26-29-17-20-38(47)35(23-29)32-12-6-2-7-13-32)42(51)45(41(43)50)27-30-18-21-39(48)36(24-30)33-14-8-3-9-15-33/h16-24,31-33,46-48H,1-15,25-27H2. The van der Waals surface area contributed by atoms with E-state index in [1.165, 1.54) is 19.3 Å². The number of rotatable bonds is 9. The maximum absolute atomic E-state index is 14.2. The van der Waals surface area contributed by atoms with E-state index in [4.69, 9.17) is 0 Å². The Labute approximate surface area is 298 Å². The number of aromatic hydroxyl groups is 3. The highest BCUT2D eigenvalue weighted by Gasteiger charge is 2.24. The molecule has 4 aromatic rings. The van der Waals surface area contributed by atoms with Crippen LogP contribution in [0.15, 0.2) is 69.0 Å². The summed E-state index contributed by atoms with van der Waals surface area (Å²) in [6, 6.07) is 15.9. The summed E-state index contributed by atoms with van der Waals surface area (Å²) in [5.74, 6) is 1.35. The molecule has 1 heterocycles. The molecule has 3 aromatic carbocycles. The molecule has 0 atom stereocenters. The Bertz CT molecular complexity index is 1780. The Hall–Kier alpha value is -4.53. The molecule has 3 aliphatic carbocycles. The summed E-state index contributed by atoms with van der Waals surface area (Å²) in [4.78, 5) is 42.7. The Morgan fingerprint density at radius 3 is 0.922 bits per heavy atom. The van der Waals surface area contributed by atoms with Crippen molar-refractivity contribution in [2.45, 2.75) is 134 Å². The van der Waals surface area contributed by atoms with Gasteiger partial charge in [-0.2, -0.15) is 0 Å². The number of phenols is 3. The third-order valence-corrected chi connectivity index (χ3v) is 11.8. The van der Waals surface area contributed by atoms with Crippen LogP contribution in [0.3, 0.4) is 0 Å². The maximum atomic E-state index is 14.2. The topological polar surface area (TPSA) is 127 Å². The van der Waals surface area contributed by atoms with Crippen molar-refractivity contribution in [3.05, 3.63) is 119 Å². The van der Waals surface area contributed by atoms with E-state index in [2.05, 4.69) is 0 Å². The van der Waals surface area contributed by atoms with Crippen LogP contribution in [-0.4, -0.2) is 29.0 Å². The smallest absolute Gasteiger partial charge is 0.336 e. The number of phenolic OH excluding ortho intramolecular Hbond substituents is 3. The average Bonchev–Trinajstić information content (AvgIpc) is 3.16. The lowest BCUT2D eigenvalue weighted by Crippen LogP contribution is -2.54. The second kappa shape index (κ2) is 15.4. The Morgan fingerprint density at radius 2 is 0.667 bits per heavy atom. The molecule has 270 valence electrons. The molecule has 9 nitrogen and oxygen atoms in total. The summed E-state index contributed by atoms with van der Waals surface area (Å²) in [7, 11) is 0. The highest BCUT2D eigenvalue weighted by molar-refractivity contribution is 5.41. The lowest BCUT2D eigenvalue weighted by atomic mass is 9.83. The molecule has 0 saturated heterocycles. The van der Waals surface area contributed by atoms with Gasteiger partial charge in [-0.15, -0.1) is 0 Å². The first-order chi connectivity index (χ1) is 24.8. The minimum Gasteiger partial charge on any atom is -0.508 e. The molecule has 3 saturated carbocycles. The minimum absolute atomic E-state index is 0.0518. The molecule has 3 fully saturated rings. The van der Waals surface area contributed by atoms with E-state index in [1.807, 2.05) is 18.2 Å².